The predicted octanol–water partition coefficient (Wildman–Crippen LogP) is 17.9. The fourth-order valence-corrected chi connectivity index (χ4v) is 11.6. The summed E-state index contributed by atoms with van der Waals surface area (Å²) in [4.78, 5) is 2.43. The normalized spacial score (nSPS) is 13.0. The Morgan fingerprint density at radius 2 is 0.971 bits per heavy atom. The quantitative estimate of drug-likeness (QED) is 0.155. The van der Waals surface area contributed by atoms with Crippen LogP contribution in [0.3, 0.4) is 0 Å². The molecule has 2 heteroatoms. The molecule has 13 rings (SSSR count). The maximum atomic E-state index is 2.48. The van der Waals surface area contributed by atoms with E-state index >= 15 is 0 Å². The van der Waals surface area contributed by atoms with Crippen molar-refractivity contribution in [3.05, 3.63) is 277 Å². The number of hydrogen-bond acceptors (Lipinski definition) is 1. The molecule has 0 unspecified atom stereocenters. The molecule has 1 aliphatic rings. The molecule has 0 bridgehead atoms. The van der Waals surface area contributed by atoms with E-state index in [0.717, 1.165) is 22.7 Å². The molecule has 0 saturated heterocycles. The molecule has 1 aliphatic carbocycles. The van der Waals surface area contributed by atoms with Gasteiger partial charge in [-0.2, -0.15) is 0 Å². The average molecular weight is 883 g/mol. The highest BCUT2D eigenvalue weighted by molar-refractivity contribution is 6.13. The van der Waals surface area contributed by atoms with Crippen molar-refractivity contribution in [1.29, 1.82) is 0 Å². The first-order chi connectivity index (χ1) is 33.9. The van der Waals surface area contributed by atoms with E-state index in [0.29, 0.717) is 0 Å². The molecule has 328 valence electrons. The van der Waals surface area contributed by atoms with Crippen molar-refractivity contribution in [2.45, 2.75) is 31.6 Å². The van der Waals surface area contributed by atoms with Gasteiger partial charge >= 0.3 is 0 Å². The molecule has 0 fully saturated rings. The molecule has 0 amide bonds. The van der Waals surface area contributed by atoms with Crippen LogP contribution >= 0.6 is 0 Å². The summed E-state index contributed by atoms with van der Waals surface area (Å²) in [6.45, 7) is 6.83. The van der Waals surface area contributed by atoms with Gasteiger partial charge in [-0.25, -0.2) is 0 Å². The van der Waals surface area contributed by atoms with Crippen molar-refractivity contribution in [1.82, 2.24) is 4.57 Å². The number of benzene rings is 11. The Balaban J connectivity index is 0.979. The first-order valence-corrected chi connectivity index (χ1v) is 24.2. The largest absolute Gasteiger partial charge is 0.310 e. The summed E-state index contributed by atoms with van der Waals surface area (Å²) in [6, 6.07) is 92.5. The van der Waals surface area contributed by atoms with Crippen LogP contribution in [0.2, 0.25) is 0 Å². The second kappa shape index (κ2) is 15.8. The van der Waals surface area contributed by atoms with Crippen LogP contribution < -0.4 is 4.90 Å². The van der Waals surface area contributed by atoms with E-state index in [-0.39, 0.29) is 5.41 Å². The Hall–Kier alpha value is -8.46. The zero-order chi connectivity index (χ0) is 46.3. The second-order valence-electron chi connectivity index (χ2n) is 19.7. The van der Waals surface area contributed by atoms with Crippen LogP contribution in [0.4, 0.5) is 17.1 Å². The molecule has 0 aliphatic heterocycles. The number of anilines is 3. The van der Waals surface area contributed by atoms with E-state index in [1.54, 1.807) is 0 Å². The van der Waals surface area contributed by atoms with Gasteiger partial charge in [0.1, 0.15) is 0 Å². The molecule has 69 heavy (non-hydrogen) atoms. The van der Waals surface area contributed by atoms with Crippen molar-refractivity contribution in [2.24, 2.45) is 0 Å². The van der Waals surface area contributed by atoms with E-state index in [2.05, 4.69) is 279 Å². The molecule has 2 nitrogen and oxygen atoms in total. The smallest absolute Gasteiger partial charge is 0.0714 e. The highest BCUT2D eigenvalue weighted by atomic mass is 15.1. The molecule has 0 spiro atoms. The van der Waals surface area contributed by atoms with Crippen molar-refractivity contribution < 1.29 is 0 Å². The van der Waals surface area contributed by atoms with Crippen LogP contribution in [0.1, 0.15) is 48.6 Å². The first kappa shape index (κ1) is 40.8. The summed E-state index contributed by atoms with van der Waals surface area (Å²) < 4.78 is 2.48. The first-order valence-electron chi connectivity index (χ1n) is 24.2. The maximum absolute atomic E-state index is 2.48. The summed E-state index contributed by atoms with van der Waals surface area (Å²) in [6.07, 6.45) is 0. The van der Waals surface area contributed by atoms with Gasteiger partial charge in [0.05, 0.1) is 22.1 Å². The van der Waals surface area contributed by atoms with Gasteiger partial charge < -0.3 is 9.47 Å². The van der Waals surface area contributed by atoms with E-state index < -0.39 is 5.41 Å². The topological polar surface area (TPSA) is 8.17 Å². The number of hydrogen-bond donors (Lipinski definition) is 0. The Morgan fingerprint density at radius 1 is 0.377 bits per heavy atom. The molecule has 0 atom stereocenters. The van der Waals surface area contributed by atoms with Crippen LogP contribution in [0.5, 0.6) is 0 Å². The molecule has 0 N–H and O–H groups in total. The number of para-hydroxylation sites is 1. The van der Waals surface area contributed by atoms with Crippen molar-refractivity contribution in [3.63, 3.8) is 0 Å². The lowest BCUT2D eigenvalue weighted by Gasteiger charge is -2.34. The van der Waals surface area contributed by atoms with Gasteiger partial charge in [-0.15, -0.1) is 0 Å². The highest BCUT2D eigenvalue weighted by Crippen LogP contribution is 2.57. The van der Waals surface area contributed by atoms with Crippen molar-refractivity contribution >= 4 is 60.4 Å². The fourth-order valence-electron chi connectivity index (χ4n) is 11.6. The highest BCUT2D eigenvalue weighted by Gasteiger charge is 2.46. The molecule has 11 aromatic carbocycles. The van der Waals surface area contributed by atoms with E-state index in [1.807, 2.05) is 0 Å². The van der Waals surface area contributed by atoms with Gasteiger partial charge in [0.25, 0.3) is 0 Å². The molecular weight excluding hydrogens is 833 g/mol. The molecular formula is C67H50N2. The summed E-state index contributed by atoms with van der Waals surface area (Å²) in [7, 11) is 0. The fraction of sp³-hybridized carbons (Fsp3) is 0.0746. The zero-order valence-corrected chi connectivity index (χ0v) is 39.1. The molecule has 1 heterocycles. The monoisotopic (exact) mass is 882 g/mol. The SMILES string of the molecule is CC(C)(C)c1ccc(N(c2ccc3ccccc3c2)c2ccc(-c3ccc4c(c3)c3ccccc3n4-c3ccc4c(c3)C(c3ccccc3)(c3ccccc3)c3ccccc3-4)c3ccccc23)cc1. The van der Waals surface area contributed by atoms with Crippen molar-refractivity contribution in [2.75, 3.05) is 4.90 Å². The summed E-state index contributed by atoms with van der Waals surface area (Å²) in [5.41, 5.74) is 17.9. The van der Waals surface area contributed by atoms with Gasteiger partial charge in [-0.3, -0.25) is 0 Å². The van der Waals surface area contributed by atoms with Gasteiger partial charge in [0, 0.05) is 33.2 Å². The average Bonchev–Trinajstić information content (AvgIpc) is 3.89. The molecule has 0 saturated carbocycles. The van der Waals surface area contributed by atoms with E-state index in [9.17, 15) is 0 Å². The third kappa shape index (κ3) is 6.40. The molecule has 12 aromatic rings. The lowest BCUT2D eigenvalue weighted by molar-refractivity contribution is 0.590. The predicted molar refractivity (Wildman–Crippen MR) is 292 cm³/mol. The number of nitrogens with zero attached hydrogens (tertiary/aromatic N) is 2. The van der Waals surface area contributed by atoms with Crippen LogP contribution in [0.25, 0.3) is 71.3 Å². The molecule has 0 radical (unpaired) electrons. The summed E-state index contributed by atoms with van der Waals surface area (Å²) >= 11 is 0. The third-order valence-electron chi connectivity index (χ3n) is 14.8. The van der Waals surface area contributed by atoms with Crippen LogP contribution in [-0.2, 0) is 10.8 Å². The Labute approximate surface area is 404 Å². The standard InChI is InChI=1S/C67H50N2/c1-66(2,3)48-32-35-51(36-33-48)68(52-34-30-45-18-10-11-19-46(45)42-52)64-41-39-54(55-24-12-13-26-58(55)64)47-31-40-65-60(43-47)59-27-15-17-29-63(59)69(65)53-37-38-57-56-25-14-16-28-61(56)67(62(57)44-53,49-20-6-4-7-21-49)50-22-8-5-9-23-50/h4-44H,1-3H3. The van der Waals surface area contributed by atoms with E-state index in [1.165, 1.54) is 93.4 Å². The minimum absolute atomic E-state index is 0.0540. The van der Waals surface area contributed by atoms with Gasteiger partial charge in [-0.1, -0.05) is 209 Å². The second-order valence-corrected chi connectivity index (χ2v) is 19.7. The van der Waals surface area contributed by atoms with E-state index in [4.69, 9.17) is 0 Å². The lowest BCUT2D eigenvalue weighted by atomic mass is 9.67. The Bertz CT molecular complexity index is 3890. The lowest BCUT2D eigenvalue weighted by Crippen LogP contribution is -2.28. The number of rotatable bonds is 7. The minimum Gasteiger partial charge on any atom is -0.310 e. The van der Waals surface area contributed by atoms with Crippen LogP contribution in [-0.4, -0.2) is 4.57 Å². The maximum Gasteiger partial charge on any atom is 0.0714 e. The third-order valence-corrected chi connectivity index (χ3v) is 14.8. The van der Waals surface area contributed by atoms with Crippen LogP contribution in [0.15, 0.2) is 249 Å². The Kier molecular flexibility index (Phi) is 9.36. The van der Waals surface area contributed by atoms with Gasteiger partial charge in [0.2, 0.25) is 0 Å². The number of fused-ring (bicyclic) bond motifs is 8. The summed E-state index contributed by atoms with van der Waals surface area (Å²) in [5, 5.41) is 7.33. The number of aromatic nitrogens is 1. The Morgan fingerprint density at radius 3 is 1.72 bits per heavy atom. The van der Waals surface area contributed by atoms with Gasteiger partial charge in [0.15, 0.2) is 0 Å². The van der Waals surface area contributed by atoms with Crippen molar-refractivity contribution in [3.8, 4) is 27.9 Å². The molecule has 1 aromatic heterocycles. The zero-order valence-electron chi connectivity index (χ0n) is 39.1. The minimum atomic E-state index is -0.483. The van der Waals surface area contributed by atoms with Gasteiger partial charge in [-0.05, 0) is 132 Å². The summed E-state index contributed by atoms with van der Waals surface area (Å²) in [5.74, 6) is 0. The van der Waals surface area contributed by atoms with Crippen LogP contribution in [0, 0.1) is 0 Å².